The number of rotatable bonds is 12. The van der Waals surface area contributed by atoms with Gasteiger partial charge in [-0.25, -0.2) is 54.2 Å². The lowest BCUT2D eigenvalue weighted by Gasteiger charge is -2.28. The molecule has 12 heterocycles. The van der Waals surface area contributed by atoms with Gasteiger partial charge in [-0.3, -0.25) is 0 Å². The maximum atomic E-state index is 13.8. The number of allylic oxidation sites excluding steroid dienone is 3. The molecular weight excluding hydrogens is 1310 g/mol. The van der Waals surface area contributed by atoms with E-state index in [2.05, 4.69) is 139 Å². The normalized spacial score (nSPS) is 20.5. The largest absolute Gasteiger partial charge is 0.419 e. The lowest BCUT2D eigenvalue weighted by molar-refractivity contribution is -0.139. The van der Waals surface area contributed by atoms with E-state index in [0.29, 0.717) is 148 Å². The molecule has 9 aromatic rings. The van der Waals surface area contributed by atoms with Gasteiger partial charge in [0.1, 0.15) is 33.8 Å². The number of aryl methyl sites for hydroxylation is 3. The van der Waals surface area contributed by atoms with Gasteiger partial charge >= 0.3 is 18.5 Å². The smallest absolute Gasteiger partial charge is 0.350 e. The van der Waals surface area contributed by atoms with Crippen LogP contribution in [0.3, 0.4) is 0 Å². The van der Waals surface area contributed by atoms with Crippen LogP contribution in [-0.2, 0) is 51.9 Å². The van der Waals surface area contributed by atoms with Crippen LogP contribution in [0.25, 0.3) is 51.3 Å². The molecule has 3 aliphatic heterocycles. The van der Waals surface area contributed by atoms with E-state index in [0.717, 1.165) is 57.1 Å². The molecule has 0 spiro atoms. The number of halogens is 9. The van der Waals surface area contributed by atoms with Crippen LogP contribution in [0, 0.1) is 6.92 Å². The van der Waals surface area contributed by atoms with E-state index in [1.54, 1.807) is 75.6 Å². The second-order valence-electron chi connectivity index (χ2n) is 25.0. The summed E-state index contributed by atoms with van der Waals surface area (Å²) in [6.45, 7) is 10.1. The predicted molar refractivity (Wildman–Crippen MR) is 342 cm³/mol. The van der Waals surface area contributed by atoms with E-state index in [1.165, 1.54) is 9.36 Å². The first-order valence-corrected chi connectivity index (χ1v) is 32.1. The highest BCUT2D eigenvalue weighted by atomic mass is 19.4. The number of hydrogen-bond donors (Lipinski definition) is 6. The summed E-state index contributed by atoms with van der Waals surface area (Å²) in [6.07, 6.45) is 0.709. The van der Waals surface area contributed by atoms with Gasteiger partial charge in [0, 0.05) is 148 Å². The lowest BCUT2D eigenvalue weighted by atomic mass is 10.0. The number of aromatic nitrogens is 19. The van der Waals surface area contributed by atoms with Gasteiger partial charge in [-0.1, -0.05) is 41.6 Å². The van der Waals surface area contributed by atoms with E-state index in [1.807, 2.05) is 0 Å². The van der Waals surface area contributed by atoms with Crippen LogP contribution in [-0.4, -0.2) is 151 Å². The topological polar surface area (TPSA) is 314 Å². The van der Waals surface area contributed by atoms with Crippen LogP contribution >= 0.6 is 0 Å². The van der Waals surface area contributed by atoms with Crippen molar-refractivity contribution in [3.05, 3.63) is 147 Å². The van der Waals surface area contributed by atoms with Gasteiger partial charge in [0.25, 0.3) is 0 Å². The summed E-state index contributed by atoms with van der Waals surface area (Å²) >= 11 is 0. The molecule has 0 unspecified atom stereocenters. The number of pyridine rings is 3. The molecule has 0 bridgehead atoms. The summed E-state index contributed by atoms with van der Waals surface area (Å²) in [6, 6.07) is 11.7. The third-order valence-corrected chi connectivity index (χ3v) is 17.8. The zero-order valence-corrected chi connectivity index (χ0v) is 54.2. The quantitative estimate of drug-likeness (QED) is 0.0621. The Balaban J connectivity index is 0.000000133. The average molecular weight is 1370 g/mol. The second kappa shape index (κ2) is 27.6. The molecule has 6 aliphatic rings. The van der Waals surface area contributed by atoms with E-state index >= 15 is 0 Å². The second-order valence-corrected chi connectivity index (χ2v) is 25.0. The van der Waals surface area contributed by atoms with Crippen molar-refractivity contribution < 1.29 is 44.0 Å². The summed E-state index contributed by atoms with van der Waals surface area (Å²) in [5, 5.41) is 46.2. The molecule has 0 saturated carbocycles. The van der Waals surface area contributed by atoms with Crippen molar-refractivity contribution in [2.24, 2.45) is 14.1 Å². The SMILES string of the molecule is C[C@@H]1CC[C@@H](Nc2ncc(C(F)(F)F)c(C3=CCc4nc(-c5nnnn5C)ccc43)n2)CN1.C[C@H]1CC[C@H](Nc2ncc(C(F)(F)F)c(C3=CCc4nc(-c5nnnn5C)ccc43)n2)CN1.Cc1nc(-c2ccc3c(n2)CC=C3c2nc(N[C@H]3CC[C@H](C)NC3)ncc2C(F)(F)F)no1. The first-order valence-electron chi connectivity index (χ1n) is 32.1. The van der Waals surface area contributed by atoms with Gasteiger partial charge in [0.15, 0.2) is 11.6 Å². The van der Waals surface area contributed by atoms with Crippen molar-refractivity contribution >= 4 is 34.6 Å². The van der Waals surface area contributed by atoms with Crippen molar-refractivity contribution in [3.63, 3.8) is 0 Å². The van der Waals surface area contributed by atoms with Crippen LogP contribution < -0.4 is 31.9 Å². The van der Waals surface area contributed by atoms with Gasteiger partial charge in [0.05, 0.1) is 34.2 Å². The number of piperidine rings is 3. The zero-order valence-electron chi connectivity index (χ0n) is 54.2. The molecule has 3 saturated heterocycles. The maximum absolute atomic E-state index is 13.8. The summed E-state index contributed by atoms with van der Waals surface area (Å²) in [5.74, 6) is 2.25. The fourth-order valence-electron chi connectivity index (χ4n) is 12.5. The van der Waals surface area contributed by atoms with Crippen molar-refractivity contribution in [2.75, 3.05) is 35.6 Å². The highest BCUT2D eigenvalue weighted by Gasteiger charge is 2.41. The maximum Gasteiger partial charge on any atom is 0.419 e. The minimum absolute atomic E-state index is 0.0540. The van der Waals surface area contributed by atoms with E-state index in [9.17, 15) is 39.5 Å². The Labute approximate surface area is 559 Å². The molecule has 0 amide bonds. The molecular formula is C64H66F9N25O. The fourth-order valence-corrected chi connectivity index (χ4v) is 12.5. The summed E-state index contributed by atoms with van der Waals surface area (Å²) in [7, 11) is 3.39. The monoisotopic (exact) mass is 1370 g/mol. The van der Waals surface area contributed by atoms with Crippen molar-refractivity contribution in [1.82, 2.24) is 111 Å². The molecule has 99 heavy (non-hydrogen) atoms. The molecule has 9 aromatic heterocycles. The van der Waals surface area contributed by atoms with E-state index < -0.39 is 35.2 Å². The number of fused-ring (bicyclic) bond motifs is 3. The molecule has 15 rings (SSSR count). The van der Waals surface area contributed by atoms with Crippen LogP contribution in [0.4, 0.5) is 57.4 Å². The fraction of sp³-hybridized carbons (Fsp3) is 0.422. The zero-order chi connectivity index (χ0) is 69.5. The highest BCUT2D eigenvalue weighted by Crippen LogP contribution is 2.43. The van der Waals surface area contributed by atoms with E-state index in [-0.39, 0.29) is 53.1 Å². The molecule has 6 N–H and O–H groups in total. The predicted octanol–water partition coefficient (Wildman–Crippen LogP) is 9.03. The van der Waals surface area contributed by atoms with Gasteiger partial charge in [0.2, 0.25) is 29.6 Å². The molecule has 516 valence electrons. The molecule has 6 atom stereocenters. The van der Waals surface area contributed by atoms with Gasteiger partial charge in [-0.2, -0.15) is 44.5 Å². The summed E-state index contributed by atoms with van der Waals surface area (Å²) < 4.78 is 132. The third-order valence-electron chi connectivity index (χ3n) is 17.8. The van der Waals surface area contributed by atoms with Gasteiger partial charge in [-0.05, 0) is 98.3 Å². The Morgan fingerprint density at radius 3 is 1.09 bits per heavy atom. The number of nitrogens with one attached hydrogen (secondary N) is 6. The standard InChI is InChI=1S/C22H22F3N7O.2C21H22F3N9/c1-11-3-4-13(9-26-11)29-21-27-10-16(22(23,24)25)19(31-21)15-6-7-17-14(15)5-8-18(30-17)20-28-12(2)33-32-20;2*1-11-3-4-12(9-25-11)27-20-26-10-15(21(22,23)24)18(29-20)14-6-7-16-13(14)5-8-17(28-16)19-30-31-32-33(19)2/h5-6,8,10-11,13,26H,3-4,7,9H2,1-2H3,(H,27,29,31);2*5-6,8,10-12,25H,3-4,7,9H2,1-2H3,(H,26,27,29)/t11-,13-;2*11-,12-/m010/s1. The molecule has 0 radical (unpaired) electrons. The summed E-state index contributed by atoms with van der Waals surface area (Å²) in [5.41, 5.74) is 3.48. The Morgan fingerprint density at radius 1 is 0.455 bits per heavy atom. The van der Waals surface area contributed by atoms with Crippen LogP contribution in [0.15, 0.2) is 77.7 Å². The van der Waals surface area contributed by atoms with Crippen molar-refractivity contribution in [1.29, 1.82) is 0 Å². The minimum Gasteiger partial charge on any atom is -0.350 e. The van der Waals surface area contributed by atoms with Crippen LogP contribution in [0.5, 0.6) is 0 Å². The van der Waals surface area contributed by atoms with Crippen LogP contribution in [0.2, 0.25) is 0 Å². The molecule has 0 aromatic carbocycles. The van der Waals surface area contributed by atoms with Gasteiger partial charge < -0.3 is 36.4 Å². The Kier molecular flexibility index (Phi) is 18.8. The minimum atomic E-state index is -4.59. The van der Waals surface area contributed by atoms with Crippen LogP contribution in [0.1, 0.15) is 133 Å². The first-order chi connectivity index (χ1) is 47.4. The first kappa shape index (κ1) is 67.4. The van der Waals surface area contributed by atoms with Crippen molar-refractivity contribution in [2.45, 2.75) is 140 Å². The van der Waals surface area contributed by atoms with Gasteiger partial charge in [-0.15, -0.1) is 10.2 Å². The third kappa shape index (κ3) is 15.0. The number of hydrogen-bond acceptors (Lipinski definition) is 24. The number of nitrogens with zero attached hydrogens (tertiary/aromatic N) is 19. The Hall–Kier alpha value is -10.2. The number of tetrazole rings is 2. The van der Waals surface area contributed by atoms with Crippen molar-refractivity contribution in [3.8, 4) is 34.6 Å². The Morgan fingerprint density at radius 2 is 0.798 bits per heavy atom. The number of anilines is 3. The lowest BCUT2D eigenvalue weighted by Crippen LogP contribution is -2.43. The molecule has 3 fully saturated rings. The Bertz CT molecular complexity index is 4350. The molecule has 26 nitrogen and oxygen atoms in total. The average Bonchev–Trinajstić information content (AvgIpc) is 1.75. The molecule has 35 heteroatoms. The molecule has 3 aliphatic carbocycles. The highest BCUT2D eigenvalue weighted by molar-refractivity contribution is 5.87. The van der Waals surface area contributed by atoms with E-state index in [4.69, 9.17) is 4.52 Å². The summed E-state index contributed by atoms with van der Waals surface area (Å²) in [4.78, 5) is 42.7. The number of alkyl halides is 9.